The Morgan fingerprint density at radius 3 is 2.18 bits per heavy atom. The Hall–Kier alpha value is -2.49. The zero-order valence-corrected chi connectivity index (χ0v) is 20.6. The zero-order chi connectivity index (χ0) is 23.5. The average Bonchev–Trinajstić information content (AvgIpc) is 2.85. The van der Waals surface area contributed by atoms with Gasteiger partial charge in [0.15, 0.2) is 0 Å². The average molecular weight is 461 g/mol. The first-order valence-corrected chi connectivity index (χ1v) is 12.8. The molecular weight excluding hydrogens is 428 g/mol. The molecule has 0 saturated heterocycles. The number of hydrogen-bond acceptors (Lipinski definition) is 3. The Kier molecular flexibility index (Phi) is 7.02. The van der Waals surface area contributed by atoms with Gasteiger partial charge in [0.2, 0.25) is 0 Å². The van der Waals surface area contributed by atoms with Crippen LogP contribution < -0.4 is 4.74 Å². The fourth-order valence-electron chi connectivity index (χ4n) is 6.20. The fraction of sp³-hybridized carbons (Fsp3) is 0.517. The number of nitrogens with zero attached hydrogens (tertiary/aromatic N) is 2. The number of halogens is 1. The largest absolute Gasteiger partial charge is 0.492 e. The van der Waals surface area contributed by atoms with Crippen LogP contribution in [0.15, 0.2) is 30.3 Å². The number of nitriles is 2. The van der Waals surface area contributed by atoms with E-state index in [-0.39, 0.29) is 5.41 Å². The second kappa shape index (κ2) is 9.79. The van der Waals surface area contributed by atoms with Gasteiger partial charge in [-0.05, 0) is 85.5 Å². The van der Waals surface area contributed by atoms with Gasteiger partial charge in [0.25, 0.3) is 0 Å². The number of unbranched alkanes of at least 4 members (excludes halogenated alkanes) is 1. The minimum Gasteiger partial charge on any atom is -0.492 e. The molecule has 0 aliphatic heterocycles. The van der Waals surface area contributed by atoms with Gasteiger partial charge in [0, 0.05) is 5.56 Å². The summed E-state index contributed by atoms with van der Waals surface area (Å²) in [5.74, 6) is 0.656. The first-order chi connectivity index (χ1) is 16.0. The lowest BCUT2D eigenvalue weighted by atomic mass is 9.50. The van der Waals surface area contributed by atoms with E-state index in [1.165, 1.54) is 32.1 Å². The van der Waals surface area contributed by atoms with E-state index in [4.69, 9.17) is 16.3 Å². The van der Waals surface area contributed by atoms with Crippen molar-refractivity contribution in [2.45, 2.75) is 83.5 Å². The molecule has 3 saturated carbocycles. The third-order valence-corrected chi connectivity index (χ3v) is 8.48. The maximum atomic E-state index is 10.2. The monoisotopic (exact) mass is 460 g/mol. The molecule has 172 valence electrons. The van der Waals surface area contributed by atoms with E-state index in [0.29, 0.717) is 33.9 Å². The predicted molar refractivity (Wildman–Crippen MR) is 133 cm³/mol. The first kappa shape index (κ1) is 23.7. The van der Waals surface area contributed by atoms with Gasteiger partial charge < -0.3 is 4.74 Å². The minimum atomic E-state index is 0.0410. The Labute approximate surface area is 203 Å². The van der Waals surface area contributed by atoms with E-state index in [0.717, 1.165) is 48.8 Å². The smallest absolute Gasteiger partial charge is 0.137 e. The molecule has 0 atom stereocenters. The highest BCUT2D eigenvalue weighted by Gasteiger charge is 2.49. The van der Waals surface area contributed by atoms with Crippen LogP contribution in [0.3, 0.4) is 0 Å². The molecule has 2 bridgehead atoms. The van der Waals surface area contributed by atoms with Crippen LogP contribution in [0.25, 0.3) is 11.1 Å². The maximum Gasteiger partial charge on any atom is 0.137 e. The van der Waals surface area contributed by atoms with E-state index in [1.54, 1.807) is 0 Å². The zero-order valence-electron chi connectivity index (χ0n) is 19.8. The van der Waals surface area contributed by atoms with Gasteiger partial charge in [0.05, 0.1) is 22.8 Å². The molecule has 0 N–H and O–H groups in total. The van der Waals surface area contributed by atoms with Crippen molar-refractivity contribution in [1.82, 2.24) is 0 Å². The van der Waals surface area contributed by atoms with Crippen molar-refractivity contribution in [1.29, 1.82) is 10.5 Å². The van der Waals surface area contributed by atoms with Crippen LogP contribution in [0.1, 0.15) is 94.7 Å². The Balaban J connectivity index is 1.68. The highest BCUT2D eigenvalue weighted by atomic mass is 35.5. The molecule has 0 heterocycles. The number of benzene rings is 2. The van der Waals surface area contributed by atoms with Crippen LogP contribution in [0, 0.1) is 28.1 Å². The van der Waals surface area contributed by atoms with E-state index in [1.807, 2.05) is 24.3 Å². The fourth-order valence-corrected chi connectivity index (χ4v) is 6.44. The highest BCUT2D eigenvalue weighted by Crippen LogP contribution is 2.60. The number of hydrogen-bond donors (Lipinski definition) is 0. The van der Waals surface area contributed by atoms with Crippen molar-refractivity contribution in [2.75, 3.05) is 6.61 Å². The van der Waals surface area contributed by atoms with Gasteiger partial charge in [0.1, 0.15) is 17.9 Å². The van der Waals surface area contributed by atoms with E-state index < -0.39 is 0 Å². The number of rotatable bonds is 8. The summed E-state index contributed by atoms with van der Waals surface area (Å²) in [6.07, 6.45) is 11.7. The van der Waals surface area contributed by atoms with Gasteiger partial charge in [-0.25, -0.2) is 0 Å². The number of ether oxygens (including phenoxy) is 1. The van der Waals surface area contributed by atoms with Crippen molar-refractivity contribution < 1.29 is 4.74 Å². The third kappa shape index (κ3) is 4.37. The summed E-state index contributed by atoms with van der Waals surface area (Å²) in [6, 6.07) is 14.6. The molecule has 33 heavy (non-hydrogen) atoms. The molecule has 0 aromatic heterocycles. The van der Waals surface area contributed by atoms with Crippen molar-refractivity contribution in [2.24, 2.45) is 5.41 Å². The highest BCUT2D eigenvalue weighted by molar-refractivity contribution is 6.32. The molecule has 0 radical (unpaired) electrons. The summed E-state index contributed by atoms with van der Waals surface area (Å²) in [4.78, 5) is 0. The molecule has 2 aromatic carbocycles. The van der Waals surface area contributed by atoms with Gasteiger partial charge >= 0.3 is 0 Å². The maximum absolute atomic E-state index is 10.2. The second-order valence-corrected chi connectivity index (χ2v) is 10.4. The Bertz CT molecular complexity index is 1080. The molecule has 3 nitrogen and oxygen atoms in total. The quantitative estimate of drug-likeness (QED) is 0.372. The molecule has 4 heteroatoms. The second-order valence-electron chi connectivity index (χ2n) is 10.0. The summed E-state index contributed by atoms with van der Waals surface area (Å²) in [7, 11) is 0. The van der Waals surface area contributed by atoms with Crippen molar-refractivity contribution >= 4 is 11.6 Å². The molecule has 3 aliphatic carbocycles. The summed E-state index contributed by atoms with van der Waals surface area (Å²) >= 11 is 6.50. The van der Waals surface area contributed by atoms with Gasteiger partial charge in [-0.2, -0.15) is 10.5 Å². The van der Waals surface area contributed by atoms with Crippen molar-refractivity contribution in [3.63, 3.8) is 0 Å². The van der Waals surface area contributed by atoms with Crippen LogP contribution in [-0.4, -0.2) is 6.61 Å². The first-order valence-electron chi connectivity index (χ1n) is 12.4. The van der Waals surface area contributed by atoms with Crippen LogP contribution in [0.4, 0.5) is 0 Å². The van der Waals surface area contributed by atoms with E-state index in [9.17, 15) is 10.5 Å². The molecule has 3 fully saturated rings. The SMILES string of the molecule is CCCCOc1ccc(-c2ccc(C34CCC(CCC)(CC3)CC4)c(C#N)c2C#N)cc1Cl. The molecule has 0 unspecified atom stereocenters. The van der Waals surface area contributed by atoms with Crippen LogP contribution >= 0.6 is 11.6 Å². The van der Waals surface area contributed by atoms with Crippen LogP contribution in [-0.2, 0) is 5.41 Å². The van der Waals surface area contributed by atoms with Crippen LogP contribution in [0.5, 0.6) is 5.75 Å². The van der Waals surface area contributed by atoms with Gasteiger partial charge in [-0.1, -0.05) is 56.5 Å². The lowest BCUT2D eigenvalue weighted by molar-refractivity contribution is 0.0319. The summed E-state index contributed by atoms with van der Waals surface area (Å²) in [6.45, 7) is 5.04. The Morgan fingerprint density at radius 2 is 1.61 bits per heavy atom. The third-order valence-electron chi connectivity index (χ3n) is 8.18. The van der Waals surface area contributed by atoms with E-state index in [2.05, 4.69) is 32.1 Å². The predicted octanol–water partition coefficient (Wildman–Crippen LogP) is 8.32. The standard InChI is InChI=1S/C29H33ClN2O/c1-3-5-17-33-27-9-6-21(18-26(27)30)22-7-8-25(24(20-32)23(22)19-31)29-14-11-28(10-4-2,12-15-29)13-16-29/h6-9,18H,3-5,10-17H2,1-2H3. The molecule has 0 amide bonds. The summed E-state index contributed by atoms with van der Waals surface area (Å²) in [5.41, 5.74) is 4.27. The number of fused-ring (bicyclic) bond motifs is 3. The van der Waals surface area contributed by atoms with Crippen molar-refractivity contribution in [3.05, 3.63) is 52.0 Å². The minimum absolute atomic E-state index is 0.0410. The topological polar surface area (TPSA) is 56.8 Å². The summed E-state index contributed by atoms with van der Waals surface area (Å²) in [5, 5.41) is 20.8. The normalized spacial score (nSPS) is 23.7. The lowest BCUT2D eigenvalue weighted by Crippen LogP contribution is -2.44. The van der Waals surface area contributed by atoms with Crippen molar-refractivity contribution in [3.8, 4) is 29.0 Å². The van der Waals surface area contributed by atoms with Gasteiger partial charge in [-0.15, -0.1) is 0 Å². The van der Waals surface area contributed by atoms with Crippen LogP contribution in [0.2, 0.25) is 5.02 Å². The molecule has 3 aliphatic rings. The molecular formula is C29H33ClN2O. The molecule has 2 aromatic rings. The Morgan fingerprint density at radius 1 is 0.909 bits per heavy atom. The molecule has 5 rings (SSSR count). The lowest BCUT2D eigenvalue weighted by Gasteiger charge is -2.54. The molecule has 0 spiro atoms. The summed E-state index contributed by atoms with van der Waals surface area (Å²) < 4.78 is 5.78. The van der Waals surface area contributed by atoms with Gasteiger partial charge in [-0.3, -0.25) is 0 Å². The van der Waals surface area contributed by atoms with E-state index >= 15 is 0 Å².